The van der Waals surface area contributed by atoms with Gasteiger partial charge in [-0.15, -0.1) is 12.4 Å². The SMILES string of the molecule is CC1CN(c2c(F)c(C3(N)CC3)c3c(=O)c(C(=O)O)c[nH]c3c2F)CCN1.Cl. The molecule has 1 aromatic carbocycles. The van der Waals surface area contributed by atoms with Crippen molar-refractivity contribution in [2.45, 2.75) is 31.3 Å². The van der Waals surface area contributed by atoms with Gasteiger partial charge in [0.25, 0.3) is 0 Å². The highest BCUT2D eigenvalue weighted by molar-refractivity contribution is 5.95. The maximum atomic E-state index is 15.5. The molecule has 1 aromatic heterocycles. The number of rotatable bonds is 3. The summed E-state index contributed by atoms with van der Waals surface area (Å²) >= 11 is 0. The van der Waals surface area contributed by atoms with Crippen molar-refractivity contribution < 1.29 is 18.7 Å². The molecule has 2 aromatic rings. The van der Waals surface area contributed by atoms with Crippen molar-refractivity contribution >= 4 is 35.0 Å². The summed E-state index contributed by atoms with van der Waals surface area (Å²) in [5, 5.41) is 12.1. The van der Waals surface area contributed by atoms with Gasteiger partial charge in [0, 0.05) is 43.0 Å². The third-order valence-electron chi connectivity index (χ3n) is 5.39. The summed E-state index contributed by atoms with van der Waals surface area (Å²) in [6.45, 7) is 3.28. The first-order valence-corrected chi connectivity index (χ1v) is 8.82. The number of aromatic carboxylic acids is 1. The minimum Gasteiger partial charge on any atom is -0.477 e. The zero-order valence-electron chi connectivity index (χ0n) is 15.1. The van der Waals surface area contributed by atoms with Crippen molar-refractivity contribution in [1.82, 2.24) is 10.3 Å². The summed E-state index contributed by atoms with van der Waals surface area (Å²) in [5.74, 6) is -3.24. The Bertz CT molecular complexity index is 1020. The van der Waals surface area contributed by atoms with Crippen LogP contribution in [-0.2, 0) is 5.54 Å². The van der Waals surface area contributed by atoms with E-state index in [4.69, 9.17) is 5.73 Å². The smallest absolute Gasteiger partial charge is 0.341 e. The van der Waals surface area contributed by atoms with Gasteiger partial charge in [0.05, 0.1) is 10.9 Å². The summed E-state index contributed by atoms with van der Waals surface area (Å²) in [6, 6.07) is 0.0397. The third-order valence-corrected chi connectivity index (χ3v) is 5.39. The fourth-order valence-electron chi connectivity index (χ4n) is 3.81. The summed E-state index contributed by atoms with van der Waals surface area (Å²) in [6.07, 6.45) is 1.83. The first-order valence-electron chi connectivity index (χ1n) is 8.82. The number of halogens is 3. The molecule has 2 fully saturated rings. The molecule has 4 rings (SSSR count). The van der Waals surface area contributed by atoms with E-state index >= 15 is 8.78 Å². The predicted molar refractivity (Wildman–Crippen MR) is 103 cm³/mol. The Morgan fingerprint density at radius 1 is 1.36 bits per heavy atom. The molecule has 0 bridgehead atoms. The Labute approximate surface area is 165 Å². The van der Waals surface area contributed by atoms with Crippen LogP contribution in [0.3, 0.4) is 0 Å². The van der Waals surface area contributed by atoms with Gasteiger partial charge in [0.2, 0.25) is 5.43 Å². The monoisotopic (exact) mass is 414 g/mol. The molecule has 1 atom stereocenters. The maximum Gasteiger partial charge on any atom is 0.341 e. The number of piperazine rings is 1. The van der Waals surface area contributed by atoms with Gasteiger partial charge in [-0.05, 0) is 19.8 Å². The van der Waals surface area contributed by atoms with E-state index < -0.39 is 34.1 Å². The van der Waals surface area contributed by atoms with Crippen LogP contribution in [0.1, 0.15) is 35.7 Å². The summed E-state index contributed by atoms with van der Waals surface area (Å²) < 4.78 is 30.8. The van der Waals surface area contributed by atoms with Crippen LogP contribution in [0, 0.1) is 11.6 Å². The Morgan fingerprint density at radius 3 is 2.61 bits per heavy atom. The number of carboxylic acids is 1. The van der Waals surface area contributed by atoms with Gasteiger partial charge < -0.3 is 26.0 Å². The number of carboxylic acid groups (broad SMARTS) is 1. The van der Waals surface area contributed by atoms with Crippen LogP contribution in [0.25, 0.3) is 10.9 Å². The van der Waals surface area contributed by atoms with Gasteiger partial charge in [-0.1, -0.05) is 0 Å². The lowest BCUT2D eigenvalue weighted by Gasteiger charge is -2.35. The molecular formula is C18H21ClF2N4O3. The molecule has 0 radical (unpaired) electrons. The molecule has 28 heavy (non-hydrogen) atoms. The summed E-state index contributed by atoms with van der Waals surface area (Å²) in [4.78, 5) is 28.2. The molecule has 7 nitrogen and oxygen atoms in total. The normalized spacial score (nSPS) is 20.7. The molecule has 1 saturated heterocycles. The van der Waals surface area contributed by atoms with Gasteiger partial charge in [0.1, 0.15) is 11.3 Å². The van der Waals surface area contributed by atoms with Gasteiger partial charge in [-0.3, -0.25) is 4.79 Å². The van der Waals surface area contributed by atoms with Crippen LogP contribution in [-0.4, -0.2) is 41.7 Å². The molecule has 0 spiro atoms. The number of H-pyrrole nitrogens is 1. The van der Waals surface area contributed by atoms with E-state index in [1.807, 2.05) is 6.92 Å². The maximum absolute atomic E-state index is 15.5. The molecule has 152 valence electrons. The van der Waals surface area contributed by atoms with Crippen molar-refractivity contribution in [3.63, 3.8) is 0 Å². The van der Waals surface area contributed by atoms with E-state index in [9.17, 15) is 14.7 Å². The van der Waals surface area contributed by atoms with Crippen LogP contribution in [0.15, 0.2) is 11.0 Å². The molecular weight excluding hydrogens is 394 g/mol. The fourth-order valence-corrected chi connectivity index (χ4v) is 3.81. The van der Waals surface area contributed by atoms with Gasteiger partial charge in [-0.2, -0.15) is 0 Å². The van der Waals surface area contributed by atoms with E-state index in [2.05, 4.69) is 10.3 Å². The highest BCUT2D eigenvalue weighted by Crippen LogP contribution is 2.48. The number of hydrogen-bond acceptors (Lipinski definition) is 5. The topological polar surface area (TPSA) is 111 Å². The zero-order valence-corrected chi connectivity index (χ0v) is 16.0. The number of nitrogens with one attached hydrogen (secondary N) is 2. The number of pyridine rings is 1. The van der Waals surface area contributed by atoms with Crippen molar-refractivity contribution in [3.05, 3.63) is 39.2 Å². The number of nitrogens with zero attached hydrogens (tertiary/aromatic N) is 1. The van der Waals surface area contributed by atoms with Crippen molar-refractivity contribution in [1.29, 1.82) is 0 Å². The Hall–Kier alpha value is -2.23. The second-order valence-electron chi connectivity index (χ2n) is 7.40. The molecule has 2 aliphatic rings. The molecule has 5 N–H and O–H groups in total. The molecule has 0 amide bonds. The van der Waals surface area contributed by atoms with Gasteiger partial charge >= 0.3 is 5.97 Å². The molecule has 1 aliphatic carbocycles. The Kier molecular flexibility index (Phi) is 5.11. The number of anilines is 1. The minimum absolute atomic E-state index is 0. The molecule has 1 saturated carbocycles. The van der Waals surface area contributed by atoms with E-state index in [-0.39, 0.29) is 40.6 Å². The number of hydrogen-bond donors (Lipinski definition) is 4. The second kappa shape index (κ2) is 6.98. The minimum atomic E-state index is -1.47. The standard InChI is InChI=1S/C18H20F2N4O3.ClH/c1-8-7-24(5-4-22-8)15-12(19)11(18(21)2-3-18)10-14(13(15)20)23-6-9(16(10)25)17(26)27;/h6,8,22H,2-5,7,21H2,1H3,(H,23,25)(H,26,27);1H. The second-order valence-corrected chi connectivity index (χ2v) is 7.40. The number of benzene rings is 1. The number of carbonyl (C=O) groups is 1. The van der Waals surface area contributed by atoms with Crippen LogP contribution in [0.4, 0.5) is 14.5 Å². The molecule has 2 heterocycles. The van der Waals surface area contributed by atoms with E-state index in [0.717, 1.165) is 6.20 Å². The third kappa shape index (κ3) is 3.03. The lowest BCUT2D eigenvalue weighted by molar-refractivity contribution is 0.0695. The zero-order chi connectivity index (χ0) is 19.5. The molecule has 1 aliphatic heterocycles. The van der Waals surface area contributed by atoms with Crippen LogP contribution >= 0.6 is 12.4 Å². The molecule has 10 heteroatoms. The Morgan fingerprint density at radius 2 is 2.04 bits per heavy atom. The van der Waals surface area contributed by atoms with Crippen molar-refractivity contribution in [2.24, 2.45) is 5.73 Å². The van der Waals surface area contributed by atoms with Gasteiger partial charge in [0.15, 0.2) is 11.6 Å². The number of aromatic nitrogens is 1. The Balaban J connectivity index is 0.00000225. The lowest BCUT2D eigenvalue weighted by Crippen LogP contribution is -2.50. The molecule has 1 unspecified atom stereocenters. The van der Waals surface area contributed by atoms with Crippen LogP contribution < -0.4 is 21.4 Å². The quantitative estimate of drug-likeness (QED) is 0.608. The average molecular weight is 415 g/mol. The van der Waals surface area contributed by atoms with Crippen LogP contribution in [0.5, 0.6) is 0 Å². The fraction of sp³-hybridized carbons (Fsp3) is 0.444. The number of nitrogens with two attached hydrogens (primary N) is 1. The number of fused-ring (bicyclic) bond motifs is 1. The highest BCUT2D eigenvalue weighted by Gasteiger charge is 2.46. The van der Waals surface area contributed by atoms with E-state index in [0.29, 0.717) is 32.5 Å². The first-order chi connectivity index (χ1) is 12.7. The highest BCUT2D eigenvalue weighted by atomic mass is 35.5. The predicted octanol–water partition coefficient (Wildman–Crippen LogP) is 1.67. The van der Waals surface area contributed by atoms with E-state index in [1.165, 1.54) is 0 Å². The van der Waals surface area contributed by atoms with Crippen molar-refractivity contribution in [3.8, 4) is 0 Å². The largest absolute Gasteiger partial charge is 0.477 e. The summed E-state index contributed by atoms with van der Waals surface area (Å²) in [7, 11) is 0. The van der Waals surface area contributed by atoms with Crippen LogP contribution in [0.2, 0.25) is 0 Å². The average Bonchev–Trinajstić information content (AvgIpc) is 3.34. The van der Waals surface area contributed by atoms with Crippen molar-refractivity contribution in [2.75, 3.05) is 24.5 Å². The first kappa shape index (κ1) is 20.5. The number of aromatic amines is 1. The lowest BCUT2D eigenvalue weighted by atomic mass is 9.95. The van der Waals surface area contributed by atoms with E-state index in [1.54, 1.807) is 4.90 Å². The van der Waals surface area contributed by atoms with Gasteiger partial charge in [-0.25, -0.2) is 13.6 Å². The summed E-state index contributed by atoms with van der Waals surface area (Å²) in [5.41, 5.74) is 3.10.